The van der Waals surface area contributed by atoms with Gasteiger partial charge in [-0.25, -0.2) is 19.9 Å². The van der Waals surface area contributed by atoms with E-state index >= 15 is 0 Å². The highest BCUT2D eigenvalue weighted by Crippen LogP contribution is 2.37. The fraction of sp³-hybridized carbons (Fsp3) is 0. The van der Waals surface area contributed by atoms with Crippen LogP contribution in [0.25, 0.3) is 88.0 Å². The molecule has 0 N–H and O–H groups in total. The molecule has 0 saturated carbocycles. The molecule has 0 atom stereocenters. The second-order valence-electron chi connectivity index (χ2n) is 11.1. The van der Waals surface area contributed by atoms with Crippen LogP contribution in [0.2, 0.25) is 0 Å². The summed E-state index contributed by atoms with van der Waals surface area (Å²) in [6.45, 7) is 0. The third-order valence-electron chi connectivity index (χ3n) is 8.20. The number of nitrogens with zero attached hydrogens (tertiary/aromatic N) is 4. The Morgan fingerprint density at radius 3 is 1.85 bits per heavy atom. The van der Waals surface area contributed by atoms with E-state index in [-0.39, 0.29) is 0 Å². The first-order chi connectivity index (χ1) is 22.8. The summed E-state index contributed by atoms with van der Waals surface area (Å²) < 4.78 is 7.46. The molecule has 9 rings (SSSR count). The average molecular weight is 609 g/mol. The molecule has 0 unspecified atom stereocenters. The fourth-order valence-electron chi connectivity index (χ4n) is 5.89. The van der Waals surface area contributed by atoms with Crippen LogP contribution >= 0.6 is 11.3 Å². The fourth-order valence-corrected chi connectivity index (χ4v) is 6.84. The van der Waals surface area contributed by atoms with Crippen molar-refractivity contribution in [2.45, 2.75) is 0 Å². The van der Waals surface area contributed by atoms with E-state index in [1.165, 1.54) is 11.1 Å². The maximum absolute atomic E-state index is 6.36. The summed E-state index contributed by atoms with van der Waals surface area (Å²) in [5, 5.41) is 3.07. The van der Waals surface area contributed by atoms with Crippen molar-refractivity contribution < 1.29 is 4.42 Å². The minimum Gasteiger partial charge on any atom is -0.455 e. The molecule has 3 heterocycles. The van der Waals surface area contributed by atoms with Gasteiger partial charge < -0.3 is 4.42 Å². The maximum Gasteiger partial charge on any atom is 0.167 e. The Kier molecular flexibility index (Phi) is 6.25. The molecule has 0 aliphatic heterocycles. The van der Waals surface area contributed by atoms with Gasteiger partial charge in [-0.1, -0.05) is 115 Å². The molecule has 5 nitrogen and oxygen atoms in total. The molecule has 46 heavy (non-hydrogen) atoms. The van der Waals surface area contributed by atoms with Crippen LogP contribution in [0.3, 0.4) is 0 Å². The summed E-state index contributed by atoms with van der Waals surface area (Å²) in [7, 11) is 0. The van der Waals surface area contributed by atoms with Crippen LogP contribution in [-0.4, -0.2) is 19.9 Å². The van der Waals surface area contributed by atoms with Crippen molar-refractivity contribution in [1.29, 1.82) is 0 Å². The van der Waals surface area contributed by atoms with E-state index in [9.17, 15) is 0 Å². The van der Waals surface area contributed by atoms with Crippen LogP contribution in [0, 0.1) is 0 Å². The van der Waals surface area contributed by atoms with Crippen LogP contribution in [0.1, 0.15) is 0 Å². The van der Waals surface area contributed by atoms with Crippen LogP contribution in [0.15, 0.2) is 150 Å². The van der Waals surface area contributed by atoms with Gasteiger partial charge in [0.2, 0.25) is 0 Å². The smallest absolute Gasteiger partial charge is 0.167 e. The Hall–Kier alpha value is -5.98. The minimum absolute atomic E-state index is 0.561. The summed E-state index contributed by atoms with van der Waals surface area (Å²) in [5.41, 5.74) is 8.60. The predicted octanol–water partition coefficient (Wildman–Crippen LogP) is 10.7. The van der Waals surface area contributed by atoms with Gasteiger partial charge in [-0.3, -0.25) is 0 Å². The molecule has 0 saturated heterocycles. The number of aromatic nitrogens is 4. The first kappa shape index (κ1) is 26.4. The van der Waals surface area contributed by atoms with E-state index in [0.29, 0.717) is 17.5 Å². The number of thiazole rings is 1. The summed E-state index contributed by atoms with van der Waals surface area (Å²) in [5.74, 6) is 1.75. The topological polar surface area (TPSA) is 64.7 Å². The van der Waals surface area contributed by atoms with Crippen molar-refractivity contribution in [1.82, 2.24) is 19.9 Å². The zero-order valence-electron chi connectivity index (χ0n) is 24.5. The Morgan fingerprint density at radius 2 is 1.04 bits per heavy atom. The SMILES string of the molecule is c1ccc(-c2ccc(-c3nc4cc(-c5nc(-c6ccccc6)nc(-c6cccc7c6oc6ccccc67)n5)ccc4s3)cc2)cc1. The summed E-state index contributed by atoms with van der Waals surface area (Å²) in [6, 6.07) is 49.5. The van der Waals surface area contributed by atoms with Crippen molar-refractivity contribution in [2.24, 2.45) is 0 Å². The molecule has 0 radical (unpaired) electrons. The van der Waals surface area contributed by atoms with E-state index in [1.54, 1.807) is 11.3 Å². The standard InChI is InChI=1S/C40H24N4OS/c1-3-10-25(11-4-1)26-18-20-28(21-19-26)40-41-33-24-29(22-23-35(33)46-40)38-42-37(27-12-5-2-6-13-27)43-39(44-38)32-16-9-15-31-30-14-7-8-17-34(30)45-36(31)32/h1-24H. The second-order valence-corrected chi connectivity index (χ2v) is 12.1. The van der Waals surface area contributed by atoms with Crippen LogP contribution in [0.5, 0.6) is 0 Å². The average Bonchev–Trinajstić information content (AvgIpc) is 3.74. The number of hydrogen-bond acceptors (Lipinski definition) is 6. The summed E-state index contributed by atoms with van der Waals surface area (Å²) in [6.07, 6.45) is 0. The normalized spacial score (nSPS) is 11.5. The Morgan fingerprint density at radius 1 is 0.435 bits per heavy atom. The Labute approximate surface area is 268 Å². The zero-order valence-corrected chi connectivity index (χ0v) is 25.3. The number of benzene rings is 6. The van der Waals surface area contributed by atoms with Gasteiger partial charge in [-0.05, 0) is 41.5 Å². The molecule has 0 fully saturated rings. The third-order valence-corrected chi connectivity index (χ3v) is 9.28. The van der Waals surface area contributed by atoms with E-state index < -0.39 is 0 Å². The zero-order chi connectivity index (χ0) is 30.5. The largest absolute Gasteiger partial charge is 0.455 e. The van der Waals surface area contributed by atoms with E-state index in [0.717, 1.165) is 59.4 Å². The molecule has 0 spiro atoms. The molecular weight excluding hydrogens is 585 g/mol. The van der Waals surface area contributed by atoms with E-state index in [2.05, 4.69) is 78.9 Å². The van der Waals surface area contributed by atoms with Gasteiger partial charge in [0, 0.05) is 27.5 Å². The molecule has 6 aromatic carbocycles. The van der Waals surface area contributed by atoms with Crippen molar-refractivity contribution in [3.63, 3.8) is 0 Å². The van der Waals surface area contributed by atoms with Crippen molar-refractivity contribution in [2.75, 3.05) is 0 Å². The number of para-hydroxylation sites is 2. The van der Waals surface area contributed by atoms with Gasteiger partial charge in [-0.2, -0.15) is 0 Å². The van der Waals surface area contributed by atoms with Gasteiger partial charge in [0.25, 0.3) is 0 Å². The number of furan rings is 1. The Bertz CT molecular complexity index is 2520. The highest BCUT2D eigenvalue weighted by Gasteiger charge is 2.18. The summed E-state index contributed by atoms with van der Waals surface area (Å²) in [4.78, 5) is 20.0. The van der Waals surface area contributed by atoms with Crippen LogP contribution < -0.4 is 0 Å². The van der Waals surface area contributed by atoms with Crippen LogP contribution in [-0.2, 0) is 0 Å². The Balaban J connectivity index is 1.15. The lowest BCUT2D eigenvalue weighted by Crippen LogP contribution is -2.00. The number of fused-ring (bicyclic) bond motifs is 4. The monoisotopic (exact) mass is 608 g/mol. The quantitative estimate of drug-likeness (QED) is 0.194. The molecule has 9 aromatic rings. The van der Waals surface area contributed by atoms with Crippen molar-refractivity contribution >= 4 is 43.5 Å². The lowest BCUT2D eigenvalue weighted by atomic mass is 10.0. The number of hydrogen-bond donors (Lipinski definition) is 0. The maximum atomic E-state index is 6.36. The van der Waals surface area contributed by atoms with E-state index in [4.69, 9.17) is 24.4 Å². The molecule has 0 amide bonds. The molecular formula is C40H24N4OS. The molecule has 0 aliphatic carbocycles. The minimum atomic E-state index is 0.561. The molecule has 6 heteroatoms. The molecule has 0 aliphatic rings. The molecule has 0 bridgehead atoms. The predicted molar refractivity (Wildman–Crippen MR) is 187 cm³/mol. The van der Waals surface area contributed by atoms with Gasteiger partial charge in [0.05, 0.1) is 15.8 Å². The van der Waals surface area contributed by atoms with Gasteiger partial charge >= 0.3 is 0 Å². The van der Waals surface area contributed by atoms with E-state index in [1.807, 2.05) is 66.7 Å². The lowest BCUT2D eigenvalue weighted by Gasteiger charge is -2.08. The lowest BCUT2D eigenvalue weighted by molar-refractivity contribution is 0.669. The highest BCUT2D eigenvalue weighted by molar-refractivity contribution is 7.21. The first-order valence-corrected chi connectivity index (χ1v) is 15.9. The van der Waals surface area contributed by atoms with Gasteiger partial charge in [0.1, 0.15) is 16.2 Å². The van der Waals surface area contributed by atoms with Gasteiger partial charge in [-0.15, -0.1) is 11.3 Å². The second kappa shape index (κ2) is 10.9. The van der Waals surface area contributed by atoms with Gasteiger partial charge in [0.15, 0.2) is 17.5 Å². The van der Waals surface area contributed by atoms with Crippen molar-refractivity contribution in [3.05, 3.63) is 146 Å². The number of rotatable bonds is 5. The van der Waals surface area contributed by atoms with Crippen molar-refractivity contribution in [3.8, 4) is 55.9 Å². The highest BCUT2D eigenvalue weighted by atomic mass is 32.1. The first-order valence-electron chi connectivity index (χ1n) is 15.1. The molecule has 216 valence electrons. The van der Waals surface area contributed by atoms with Crippen LogP contribution in [0.4, 0.5) is 0 Å². The summed E-state index contributed by atoms with van der Waals surface area (Å²) >= 11 is 1.68. The molecule has 3 aromatic heterocycles. The third kappa shape index (κ3) is 4.64.